The van der Waals surface area contributed by atoms with Crippen LogP contribution in [0.3, 0.4) is 0 Å². The lowest BCUT2D eigenvalue weighted by Crippen LogP contribution is -2.29. The molecule has 0 N–H and O–H groups in total. The molecule has 0 atom stereocenters. The van der Waals surface area contributed by atoms with Crippen LogP contribution in [-0.4, -0.2) is 0 Å². The summed E-state index contributed by atoms with van der Waals surface area (Å²) in [5.41, 5.74) is 21.2. The molecule has 0 radical (unpaired) electrons. The van der Waals surface area contributed by atoms with Gasteiger partial charge in [0, 0.05) is 68.3 Å². The highest BCUT2D eigenvalue weighted by molar-refractivity contribution is 5.95. The summed E-state index contributed by atoms with van der Waals surface area (Å²) in [6, 6.07) is 100.0. The Morgan fingerprint density at radius 2 is 0.692 bits per heavy atom. The zero-order valence-corrected chi connectivity index (χ0v) is 44.3. The Labute approximate surface area is 460 Å². The summed E-state index contributed by atoms with van der Waals surface area (Å²) in [5.74, 6) is 0. The molecular weight excluding hydrogens is 945 g/mol. The first kappa shape index (κ1) is 49.0. The van der Waals surface area contributed by atoms with E-state index < -0.39 is 5.41 Å². The lowest BCUT2D eigenvalue weighted by molar-refractivity contribution is 0.777. The fourth-order valence-corrected chi connectivity index (χ4v) is 12.0. The zero-order chi connectivity index (χ0) is 53.0. The molecule has 0 aliphatic heterocycles. The van der Waals surface area contributed by atoms with Crippen molar-refractivity contribution in [1.29, 1.82) is 0 Å². The molecule has 2 aliphatic rings. The van der Waals surface area contributed by atoms with Gasteiger partial charge in [0.25, 0.3) is 0 Å². The maximum absolute atomic E-state index is 5.04. The Hall–Kier alpha value is -9.90. The second-order valence-electron chi connectivity index (χ2n) is 19.8. The van der Waals surface area contributed by atoms with Crippen molar-refractivity contribution in [2.75, 3.05) is 19.6 Å². The number of rotatable bonds is 14. The van der Waals surface area contributed by atoms with E-state index >= 15 is 0 Å². The fraction of sp³-hybridized carbons (Fsp3) is 0.0541. The van der Waals surface area contributed by atoms with Gasteiger partial charge >= 0.3 is 0 Å². The minimum absolute atomic E-state index is 0.846. The molecule has 0 unspecified atom stereocenters. The highest BCUT2D eigenvalue weighted by atomic mass is 15.2. The van der Waals surface area contributed by atoms with Crippen LogP contribution in [0.4, 0.5) is 56.9 Å². The predicted octanol–water partition coefficient (Wildman–Crippen LogP) is 20.2. The van der Waals surface area contributed by atoms with E-state index in [9.17, 15) is 0 Å². The average molecular weight is 1010 g/mol. The van der Waals surface area contributed by atoms with Crippen LogP contribution in [-0.2, 0) is 5.41 Å². The summed E-state index contributed by atoms with van der Waals surface area (Å²) in [6.45, 7) is 11.8. The van der Waals surface area contributed by atoms with Crippen LogP contribution in [0.2, 0.25) is 0 Å². The van der Waals surface area contributed by atoms with E-state index in [1.54, 1.807) is 0 Å². The SMILES string of the molecule is C=C(/C=C1\C(=C/C)C(C)=C(/C=C(\C)N(c2ccccc2)c2ccccc2)C12c1cc(N(c3ccccc3)c3ccccc3)ccc1-c1ccc(N(c3ccccc3)c3ccccc3)cc12)N(c1ccccc1)c1ccccc1. The topological polar surface area (TPSA) is 13.0 Å². The molecule has 78 heavy (non-hydrogen) atoms. The lowest BCUT2D eigenvalue weighted by atomic mass is 9.68. The fourth-order valence-electron chi connectivity index (χ4n) is 12.0. The third-order valence-corrected chi connectivity index (χ3v) is 15.2. The molecule has 1 spiro atoms. The third kappa shape index (κ3) is 8.83. The second-order valence-corrected chi connectivity index (χ2v) is 19.8. The first-order valence-electron chi connectivity index (χ1n) is 26.8. The molecular formula is C74H60N4. The van der Waals surface area contributed by atoms with Crippen molar-refractivity contribution in [3.05, 3.63) is 349 Å². The molecule has 0 bridgehead atoms. The Bertz CT molecular complexity index is 3580. The standard InChI is InChI=1S/C74H60N4/c1-5-67-56(4)70(50-54(2)75(57-30-14-6-15-31-57)58-32-16-7-17-33-58)74(71(67)51-55(3)76(59-34-18-8-19-35-59)60-36-20-9-21-37-60)72-52-65(77(61-38-22-10-23-39-61)62-40-24-11-25-41-62)46-48-68(72)69-49-47-66(53-73(69)74)78(63-42-26-12-27-43-63)64-44-28-13-29-45-64/h5-53H,3H2,1-2,4H3/b54-50+,67-5-,71-51+. The van der Waals surface area contributed by atoms with Crippen LogP contribution in [0.1, 0.15) is 31.9 Å². The van der Waals surface area contributed by atoms with Crippen LogP contribution in [0.5, 0.6) is 0 Å². The van der Waals surface area contributed by atoms with Gasteiger partial charge in [0.1, 0.15) is 0 Å². The molecule has 10 aromatic carbocycles. The van der Waals surface area contributed by atoms with Crippen molar-refractivity contribution in [1.82, 2.24) is 0 Å². The zero-order valence-electron chi connectivity index (χ0n) is 44.3. The Morgan fingerprint density at radius 1 is 0.385 bits per heavy atom. The molecule has 0 fully saturated rings. The minimum atomic E-state index is -0.886. The van der Waals surface area contributed by atoms with Crippen molar-refractivity contribution < 1.29 is 0 Å². The summed E-state index contributed by atoms with van der Waals surface area (Å²) >= 11 is 0. The van der Waals surface area contributed by atoms with E-state index in [1.165, 1.54) is 39.0 Å². The number of hydrogen-bond acceptors (Lipinski definition) is 4. The van der Waals surface area contributed by atoms with Gasteiger partial charge in [0.15, 0.2) is 0 Å². The summed E-state index contributed by atoms with van der Waals surface area (Å²) in [4.78, 5) is 9.45. The summed E-state index contributed by atoms with van der Waals surface area (Å²) in [6.07, 6.45) is 7.18. The molecule has 0 saturated heterocycles. The first-order valence-corrected chi connectivity index (χ1v) is 26.8. The van der Waals surface area contributed by atoms with Gasteiger partial charge in [-0.3, -0.25) is 0 Å². The molecule has 0 saturated carbocycles. The molecule has 2 aliphatic carbocycles. The van der Waals surface area contributed by atoms with Gasteiger partial charge in [-0.1, -0.05) is 170 Å². The van der Waals surface area contributed by atoms with Crippen molar-refractivity contribution >= 4 is 56.9 Å². The van der Waals surface area contributed by atoms with Crippen LogP contribution in [0, 0.1) is 0 Å². The van der Waals surface area contributed by atoms with Gasteiger partial charge in [-0.05, 0) is 199 Å². The second kappa shape index (κ2) is 21.4. The van der Waals surface area contributed by atoms with E-state index in [4.69, 9.17) is 6.58 Å². The Morgan fingerprint density at radius 3 is 1.01 bits per heavy atom. The average Bonchev–Trinajstić information content (AvgIpc) is 3.78. The largest absolute Gasteiger partial charge is 0.315 e. The quantitative estimate of drug-likeness (QED) is 0.108. The van der Waals surface area contributed by atoms with E-state index in [0.717, 1.165) is 73.8 Å². The highest BCUT2D eigenvalue weighted by Crippen LogP contribution is 2.65. The summed E-state index contributed by atoms with van der Waals surface area (Å²) in [5, 5.41) is 0. The van der Waals surface area contributed by atoms with E-state index in [1.807, 2.05) is 0 Å². The van der Waals surface area contributed by atoms with Crippen LogP contribution in [0.25, 0.3) is 11.1 Å². The molecule has 12 rings (SSSR count). The van der Waals surface area contributed by atoms with Crippen molar-refractivity contribution in [2.24, 2.45) is 0 Å². The summed E-state index contributed by atoms with van der Waals surface area (Å²) < 4.78 is 0. The predicted molar refractivity (Wildman–Crippen MR) is 330 cm³/mol. The molecule has 4 heteroatoms. The normalized spacial score (nSPS) is 14.3. The van der Waals surface area contributed by atoms with Gasteiger partial charge < -0.3 is 19.6 Å². The highest BCUT2D eigenvalue weighted by Gasteiger charge is 2.54. The Kier molecular flexibility index (Phi) is 13.4. The monoisotopic (exact) mass is 1000 g/mol. The number of benzene rings is 10. The van der Waals surface area contributed by atoms with E-state index in [-0.39, 0.29) is 0 Å². The van der Waals surface area contributed by atoms with Gasteiger partial charge in [0.2, 0.25) is 0 Å². The van der Waals surface area contributed by atoms with Crippen LogP contribution in [0.15, 0.2) is 338 Å². The molecule has 0 aromatic heterocycles. The van der Waals surface area contributed by atoms with Gasteiger partial charge in [-0.15, -0.1) is 0 Å². The van der Waals surface area contributed by atoms with E-state index in [2.05, 4.69) is 338 Å². The molecule has 376 valence electrons. The van der Waals surface area contributed by atoms with Crippen molar-refractivity contribution in [3.63, 3.8) is 0 Å². The number of allylic oxidation sites excluding steroid dienone is 8. The van der Waals surface area contributed by atoms with E-state index in [0.29, 0.717) is 0 Å². The molecule has 10 aromatic rings. The molecule has 4 nitrogen and oxygen atoms in total. The number of para-hydroxylation sites is 8. The molecule has 0 amide bonds. The van der Waals surface area contributed by atoms with Crippen LogP contribution < -0.4 is 19.6 Å². The van der Waals surface area contributed by atoms with Crippen molar-refractivity contribution in [2.45, 2.75) is 26.2 Å². The number of hydrogen-bond donors (Lipinski definition) is 0. The number of nitrogens with zero attached hydrogens (tertiary/aromatic N) is 4. The first-order chi connectivity index (χ1) is 38.4. The smallest absolute Gasteiger partial charge is 0.0724 e. The maximum atomic E-state index is 5.04. The van der Waals surface area contributed by atoms with Crippen LogP contribution >= 0.6 is 0 Å². The number of anilines is 10. The number of fused-ring (bicyclic) bond motifs is 5. The van der Waals surface area contributed by atoms with Gasteiger partial charge in [-0.2, -0.15) is 0 Å². The van der Waals surface area contributed by atoms with Crippen molar-refractivity contribution in [3.8, 4) is 11.1 Å². The lowest BCUT2D eigenvalue weighted by Gasteiger charge is -2.36. The Balaban J connectivity index is 1.20. The third-order valence-electron chi connectivity index (χ3n) is 15.2. The minimum Gasteiger partial charge on any atom is -0.315 e. The van der Waals surface area contributed by atoms with Gasteiger partial charge in [0.05, 0.1) is 5.41 Å². The summed E-state index contributed by atoms with van der Waals surface area (Å²) in [7, 11) is 0. The van der Waals surface area contributed by atoms with Gasteiger partial charge in [-0.25, -0.2) is 0 Å². The maximum Gasteiger partial charge on any atom is 0.0724 e. The molecule has 0 heterocycles.